The van der Waals surface area contributed by atoms with E-state index in [0.29, 0.717) is 11.3 Å². The topological polar surface area (TPSA) is 9.23 Å². The highest BCUT2D eigenvalue weighted by Crippen LogP contribution is 2.29. The van der Waals surface area contributed by atoms with E-state index in [4.69, 9.17) is 16.3 Å². The number of halogens is 1. The Morgan fingerprint density at radius 1 is 0.955 bits per heavy atom. The van der Waals surface area contributed by atoms with Crippen LogP contribution in [0.2, 0.25) is 0 Å². The van der Waals surface area contributed by atoms with E-state index in [2.05, 4.69) is 49.4 Å². The Bertz CT molecular complexity index is 615. The summed E-state index contributed by atoms with van der Waals surface area (Å²) in [4.78, 5) is 0. The highest BCUT2D eigenvalue weighted by molar-refractivity contribution is 6.20. The van der Waals surface area contributed by atoms with Gasteiger partial charge in [0.2, 0.25) is 0 Å². The van der Waals surface area contributed by atoms with Gasteiger partial charge in [0.25, 0.3) is 0 Å². The molecule has 1 fully saturated rings. The minimum Gasteiger partial charge on any atom is -0.493 e. The van der Waals surface area contributed by atoms with Crippen LogP contribution in [0.15, 0.2) is 48.5 Å². The smallest absolute Gasteiger partial charge is 0.119 e. The molecule has 2 heteroatoms. The molecule has 22 heavy (non-hydrogen) atoms. The van der Waals surface area contributed by atoms with Crippen LogP contribution in [0.4, 0.5) is 0 Å². The monoisotopic (exact) mass is 314 g/mol. The van der Waals surface area contributed by atoms with Crippen LogP contribution >= 0.6 is 11.6 Å². The molecule has 0 aliphatic heterocycles. The first-order valence-electron chi connectivity index (χ1n) is 8.14. The largest absolute Gasteiger partial charge is 0.493 e. The van der Waals surface area contributed by atoms with Crippen molar-refractivity contribution in [2.75, 3.05) is 6.61 Å². The van der Waals surface area contributed by atoms with Gasteiger partial charge >= 0.3 is 0 Å². The van der Waals surface area contributed by atoms with Crippen molar-refractivity contribution in [3.63, 3.8) is 0 Å². The molecule has 0 amide bonds. The van der Waals surface area contributed by atoms with Crippen molar-refractivity contribution in [3.8, 4) is 16.9 Å². The maximum absolute atomic E-state index is 6.16. The summed E-state index contributed by atoms with van der Waals surface area (Å²) in [6.07, 6.45) is 4.62. The van der Waals surface area contributed by atoms with E-state index in [0.717, 1.165) is 25.2 Å². The fourth-order valence-corrected chi connectivity index (χ4v) is 3.34. The molecule has 1 aliphatic carbocycles. The van der Waals surface area contributed by atoms with Gasteiger partial charge in [0.1, 0.15) is 5.75 Å². The summed E-state index contributed by atoms with van der Waals surface area (Å²) in [5, 5.41) is 0.376. The van der Waals surface area contributed by atoms with E-state index < -0.39 is 0 Å². The lowest BCUT2D eigenvalue weighted by molar-refractivity contribution is 0.210. The van der Waals surface area contributed by atoms with Gasteiger partial charge in [-0.3, -0.25) is 0 Å². The van der Waals surface area contributed by atoms with Gasteiger partial charge in [-0.25, -0.2) is 0 Å². The van der Waals surface area contributed by atoms with Crippen LogP contribution in [0.3, 0.4) is 0 Å². The van der Waals surface area contributed by atoms with E-state index in [1.54, 1.807) is 0 Å². The Balaban J connectivity index is 1.64. The SMILES string of the molecule is Cc1cccc(-c2cccc(OCC3CCC(Cl)CC3)c2)c1. The number of aryl methyl sites for hydroxylation is 1. The second kappa shape index (κ2) is 7.19. The first-order chi connectivity index (χ1) is 10.7. The minimum absolute atomic E-state index is 0.376. The van der Waals surface area contributed by atoms with Gasteiger partial charge < -0.3 is 4.74 Å². The normalized spacial score (nSPS) is 21.5. The summed E-state index contributed by atoms with van der Waals surface area (Å²) in [5.74, 6) is 1.62. The van der Waals surface area contributed by atoms with Crippen LogP contribution in [-0.4, -0.2) is 12.0 Å². The van der Waals surface area contributed by atoms with Crippen molar-refractivity contribution >= 4 is 11.6 Å². The van der Waals surface area contributed by atoms with Gasteiger partial charge in [-0.2, -0.15) is 0 Å². The molecule has 0 radical (unpaired) electrons. The van der Waals surface area contributed by atoms with Crippen molar-refractivity contribution in [3.05, 3.63) is 54.1 Å². The highest BCUT2D eigenvalue weighted by Gasteiger charge is 2.19. The fourth-order valence-electron chi connectivity index (χ4n) is 3.09. The van der Waals surface area contributed by atoms with Gasteiger partial charge in [0, 0.05) is 5.38 Å². The zero-order chi connectivity index (χ0) is 15.4. The third-order valence-electron chi connectivity index (χ3n) is 4.45. The molecule has 1 aliphatic rings. The first-order valence-corrected chi connectivity index (χ1v) is 8.58. The van der Waals surface area contributed by atoms with E-state index in [1.165, 1.54) is 29.5 Å². The van der Waals surface area contributed by atoms with Crippen molar-refractivity contribution in [2.24, 2.45) is 5.92 Å². The molecule has 2 aromatic rings. The second-order valence-corrected chi connectivity index (χ2v) is 6.94. The highest BCUT2D eigenvalue weighted by atomic mass is 35.5. The minimum atomic E-state index is 0.376. The predicted molar refractivity (Wildman–Crippen MR) is 93.7 cm³/mol. The van der Waals surface area contributed by atoms with Crippen molar-refractivity contribution < 1.29 is 4.74 Å². The Morgan fingerprint density at radius 3 is 2.36 bits per heavy atom. The zero-order valence-electron chi connectivity index (χ0n) is 13.1. The third-order valence-corrected chi connectivity index (χ3v) is 4.88. The van der Waals surface area contributed by atoms with Crippen LogP contribution in [0.25, 0.3) is 11.1 Å². The van der Waals surface area contributed by atoms with Crippen molar-refractivity contribution in [1.29, 1.82) is 0 Å². The molecule has 0 bridgehead atoms. The van der Waals surface area contributed by atoms with Crippen LogP contribution in [0, 0.1) is 12.8 Å². The average Bonchev–Trinajstić information content (AvgIpc) is 2.55. The zero-order valence-corrected chi connectivity index (χ0v) is 13.9. The first kappa shape index (κ1) is 15.4. The van der Waals surface area contributed by atoms with Crippen LogP contribution < -0.4 is 4.74 Å². The standard InChI is InChI=1S/C20H23ClO/c1-15-4-2-5-17(12-15)18-6-3-7-20(13-18)22-14-16-8-10-19(21)11-9-16/h2-7,12-13,16,19H,8-11,14H2,1H3. The fraction of sp³-hybridized carbons (Fsp3) is 0.400. The molecule has 1 saturated carbocycles. The lowest BCUT2D eigenvalue weighted by Gasteiger charge is -2.24. The van der Waals surface area contributed by atoms with E-state index in [1.807, 2.05) is 6.07 Å². The summed E-state index contributed by atoms with van der Waals surface area (Å²) in [6, 6.07) is 17.0. The summed E-state index contributed by atoms with van der Waals surface area (Å²) >= 11 is 6.16. The summed E-state index contributed by atoms with van der Waals surface area (Å²) < 4.78 is 6.03. The lowest BCUT2D eigenvalue weighted by atomic mass is 9.89. The molecule has 0 spiro atoms. The number of benzene rings is 2. The number of rotatable bonds is 4. The molecule has 0 N–H and O–H groups in total. The van der Waals surface area contributed by atoms with E-state index in [-0.39, 0.29) is 0 Å². The van der Waals surface area contributed by atoms with Crippen LogP contribution in [0.5, 0.6) is 5.75 Å². The molecule has 0 atom stereocenters. The number of hydrogen-bond acceptors (Lipinski definition) is 1. The lowest BCUT2D eigenvalue weighted by Crippen LogP contribution is -2.20. The maximum atomic E-state index is 6.16. The Kier molecular flexibility index (Phi) is 5.04. The summed E-state index contributed by atoms with van der Waals surface area (Å²) in [6.45, 7) is 2.93. The van der Waals surface area contributed by atoms with E-state index in [9.17, 15) is 0 Å². The molecule has 0 heterocycles. The van der Waals surface area contributed by atoms with Gasteiger partial charge in [0.15, 0.2) is 0 Å². The molecular weight excluding hydrogens is 292 g/mol. The van der Waals surface area contributed by atoms with Gasteiger partial charge in [-0.1, -0.05) is 42.0 Å². The summed E-state index contributed by atoms with van der Waals surface area (Å²) in [7, 11) is 0. The Morgan fingerprint density at radius 2 is 1.64 bits per heavy atom. The number of alkyl halides is 1. The molecule has 116 valence electrons. The number of ether oxygens (including phenoxy) is 1. The number of hydrogen-bond donors (Lipinski definition) is 0. The average molecular weight is 315 g/mol. The molecule has 2 aromatic carbocycles. The second-order valence-electron chi connectivity index (χ2n) is 6.33. The molecule has 3 rings (SSSR count). The molecule has 1 nitrogen and oxygen atoms in total. The van der Waals surface area contributed by atoms with Gasteiger partial charge in [0.05, 0.1) is 6.61 Å². The Labute approximate surface area is 138 Å². The third kappa shape index (κ3) is 4.04. The Hall–Kier alpha value is -1.47. The van der Waals surface area contributed by atoms with Crippen molar-refractivity contribution in [1.82, 2.24) is 0 Å². The van der Waals surface area contributed by atoms with Gasteiger partial charge in [-0.15, -0.1) is 11.6 Å². The molecule has 0 aromatic heterocycles. The van der Waals surface area contributed by atoms with Gasteiger partial charge in [-0.05, 0) is 61.8 Å². The van der Waals surface area contributed by atoms with Crippen LogP contribution in [0.1, 0.15) is 31.2 Å². The summed E-state index contributed by atoms with van der Waals surface area (Å²) in [5.41, 5.74) is 3.74. The predicted octanol–water partition coefficient (Wildman–Crippen LogP) is 5.84. The molecule has 0 saturated heterocycles. The molecular formula is C20H23ClO. The van der Waals surface area contributed by atoms with Crippen LogP contribution in [-0.2, 0) is 0 Å². The molecule has 0 unspecified atom stereocenters. The van der Waals surface area contributed by atoms with Crippen molar-refractivity contribution in [2.45, 2.75) is 38.0 Å². The maximum Gasteiger partial charge on any atom is 0.119 e. The van der Waals surface area contributed by atoms with E-state index >= 15 is 0 Å². The quantitative estimate of drug-likeness (QED) is 0.644.